The molecule has 4 heteroatoms. The van der Waals surface area contributed by atoms with Gasteiger partial charge in [-0.05, 0) is 38.5 Å². The predicted octanol–water partition coefficient (Wildman–Crippen LogP) is 4.12. The molecule has 2 rings (SSSR count). The normalized spacial score (nSPS) is 22.4. The fourth-order valence-electron chi connectivity index (χ4n) is 2.82. The summed E-state index contributed by atoms with van der Waals surface area (Å²) in [6.07, 6.45) is 0.202. The molecule has 1 unspecified atom stereocenters. The van der Waals surface area contributed by atoms with Crippen LogP contribution in [0, 0.1) is 0 Å². The smallest absolute Gasteiger partial charge is 0.129 e. The molecule has 3 nitrogen and oxygen atoms in total. The molecule has 1 aromatic heterocycles. The topological polar surface area (TPSA) is 25.4 Å². The molecule has 1 atom stereocenters. The minimum Gasteiger partial charge on any atom is -0.369 e. The molecule has 21 heavy (non-hydrogen) atoms. The zero-order valence-corrected chi connectivity index (χ0v) is 14.8. The van der Waals surface area contributed by atoms with E-state index in [9.17, 15) is 0 Å². The SMILES string of the molecule is CC1CN(c2cc(CCl)cc(C(C)(C)C)n2)CC(C)(C)O1. The Kier molecular flexibility index (Phi) is 4.55. The van der Waals surface area contributed by atoms with Crippen molar-refractivity contribution in [1.29, 1.82) is 0 Å². The second kappa shape index (κ2) is 5.77. The Morgan fingerprint density at radius 1 is 1.38 bits per heavy atom. The highest BCUT2D eigenvalue weighted by Gasteiger charge is 2.32. The van der Waals surface area contributed by atoms with E-state index in [0.29, 0.717) is 5.88 Å². The van der Waals surface area contributed by atoms with Crippen LogP contribution < -0.4 is 4.90 Å². The maximum Gasteiger partial charge on any atom is 0.129 e. The van der Waals surface area contributed by atoms with Crippen molar-refractivity contribution in [3.8, 4) is 0 Å². The lowest BCUT2D eigenvalue weighted by Gasteiger charge is -2.42. The van der Waals surface area contributed by atoms with Crippen molar-refractivity contribution >= 4 is 17.4 Å². The monoisotopic (exact) mass is 310 g/mol. The van der Waals surface area contributed by atoms with Crippen LogP contribution in [0.4, 0.5) is 5.82 Å². The van der Waals surface area contributed by atoms with Crippen molar-refractivity contribution in [3.05, 3.63) is 23.4 Å². The van der Waals surface area contributed by atoms with Crippen molar-refractivity contribution in [3.63, 3.8) is 0 Å². The second-order valence-electron chi connectivity index (χ2n) is 7.67. The lowest BCUT2D eigenvalue weighted by atomic mass is 9.91. The minimum atomic E-state index is -0.155. The van der Waals surface area contributed by atoms with Crippen LogP contribution in [0.15, 0.2) is 12.1 Å². The number of pyridine rings is 1. The van der Waals surface area contributed by atoms with Crippen LogP contribution in [0.2, 0.25) is 0 Å². The molecule has 1 aromatic rings. The van der Waals surface area contributed by atoms with Gasteiger partial charge in [0.1, 0.15) is 5.82 Å². The molecule has 0 saturated carbocycles. The van der Waals surface area contributed by atoms with Gasteiger partial charge in [0.25, 0.3) is 0 Å². The number of anilines is 1. The molecule has 1 aliphatic rings. The summed E-state index contributed by atoms with van der Waals surface area (Å²) >= 11 is 6.07. The highest BCUT2D eigenvalue weighted by atomic mass is 35.5. The van der Waals surface area contributed by atoms with Gasteiger partial charge >= 0.3 is 0 Å². The van der Waals surface area contributed by atoms with Crippen molar-refractivity contribution < 1.29 is 4.74 Å². The number of hydrogen-bond acceptors (Lipinski definition) is 3. The molecule has 0 N–H and O–H groups in total. The summed E-state index contributed by atoms with van der Waals surface area (Å²) < 4.78 is 5.98. The van der Waals surface area contributed by atoms with E-state index in [0.717, 1.165) is 30.2 Å². The van der Waals surface area contributed by atoms with Crippen LogP contribution in [0.3, 0.4) is 0 Å². The maximum atomic E-state index is 6.07. The lowest BCUT2D eigenvalue weighted by molar-refractivity contribution is -0.0751. The van der Waals surface area contributed by atoms with Gasteiger partial charge in [-0.15, -0.1) is 11.6 Å². The number of hydrogen-bond donors (Lipinski definition) is 0. The summed E-state index contributed by atoms with van der Waals surface area (Å²) in [5.41, 5.74) is 2.08. The largest absolute Gasteiger partial charge is 0.369 e. The van der Waals surface area contributed by atoms with Crippen LogP contribution in [0.1, 0.15) is 52.8 Å². The Balaban J connectivity index is 2.38. The molecule has 0 aliphatic carbocycles. The van der Waals surface area contributed by atoms with Gasteiger partial charge in [-0.25, -0.2) is 4.98 Å². The molecule has 0 amide bonds. The standard InChI is InChI=1S/C17H27ClN2O/c1-12-10-20(11-17(5,6)21-12)15-8-13(9-18)7-14(19-15)16(2,3)4/h7-8,12H,9-11H2,1-6H3. The highest BCUT2D eigenvalue weighted by Crippen LogP contribution is 2.29. The van der Waals surface area contributed by atoms with Crippen LogP contribution >= 0.6 is 11.6 Å². The number of ether oxygens (including phenoxy) is 1. The van der Waals surface area contributed by atoms with Crippen LogP contribution in [0.5, 0.6) is 0 Å². The Hall–Kier alpha value is -0.800. The summed E-state index contributed by atoms with van der Waals surface area (Å²) in [7, 11) is 0. The summed E-state index contributed by atoms with van der Waals surface area (Å²) in [5, 5.41) is 0. The fourth-order valence-corrected chi connectivity index (χ4v) is 2.98. The maximum absolute atomic E-state index is 6.07. The van der Waals surface area contributed by atoms with Gasteiger partial charge in [0.2, 0.25) is 0 Å². The van der Waals surface area contributed by atoms with Gasteiger partial charge in [0.05, 0.1) is 11.7 Å². The minimum absolute atomic E-state index is 0.0181. The quantitative estimate of drug-likeness (QED) is 0.768. The van der Waals surface area contributed by atoms with E-state index in [1.165, 1.54) is 0 Å². The van der Waals surface area contributed by atoms with Crippen molar-refractivity contribution in [1.82, 2.24) is 4.98 Å². The number of rotatable bonds is 2. The number of aromatic nitrogens is 1. The number of nitrogens with zero attached hydrogens (tertiary/aromatic N) is 2. The third-order valence-electron chi connectivity index (χ3n) is 3.69. The van der Waals surface area contributed by atoms with Crippen LogP contribution in [0.25, 0.3) is 0 Å². The molecule has 118 valence electrons. The van der Waals surface area contributed by atoms with Crippen molar-refractivity contribution in [2.45, 2.75) is 64.5 Å². The van der Waals surface area contributed by atoms with E-state index in [1.54, 1.807) is 0 Å². The molecule has 1 saturated heterocycles. The van der Waals surface area contributed by atoms with Gasteiger partial charge in [-0.1, -0.05) is 20.8 Å². The molecule has 0 bridgehead atoms. The summed E-state index contributed by atoms with van der Waals surface area (Å²) in [5.74, 6) is 1.53. The van der Waals surface area contributed by atoms with E-state index in [-0.39, 0.29) is 17.1 Å². The Bertz CT molecular complexity index is 508. The molecular formula is C17H27ClN2O. The van der Waals surface area contributed by atoms with Gasteiger partial charge in [0, 0.05) is 30.1 Å². The summed E-state index contributed by atoms with van der Waals surface area (Å²) in [6.45, 7) is 14.6. The van der Waals surface area contributed by atoms with Gasteiger partial charge in [0.15, 0.2) is 0 Å². The van der Waals surface area contributed by atoms with Gasteiger partial charge < -0.3 is 9.64 Å². The van der Waals surface area contributed by atoms with Crippen LogP contribution in [-0.2, 0) is 16.0 Å². The number of alkyl halides is 1. The molecule has 1 aliphatic heterocycles. The summed E-state index contributed by atoms with van der Waals surface area (Å²) in [4.78, 5) is 7.21. The third kappa shape index (κ3) is 4.10. The van der Waals surface area contributed by atoms with Gasteiger partial charge in [-0.2, -0.15) is 0 Å². The molecule has 0 radical (unpaired) electrons. The number of halogens is 1. The first-order valence-electron chi connectivity index (χ1n) is 7.61. The van der Waals surface area contributed by atoms with Crippen LogP contribution in [-0.4, -0.2) is 29.8 Å². The predicted molar refractivity (Wildman–Crippen MR) is 89.3 cm³/mol. The highest BCUT2D eigenvalue weighted by molar-refractivity contribution is 6.17. The van der Waals surface area contributed by atoms with E-state index in [4.69, 9.17) is 21.3 Å². The van der Waals surface area contributed by atoms with E-state index in [1.807, 2.05) is 0 Å². The Morgan fingerprint density at radius 3 is 2.57 bits per heavy atom. The van der Waals surface area contributed by atoms with E-state index >= 15 is 0 Å². The Labute approximate surface area is 133 Å². The first-order chi connectivity index (χ1) is 9.60. The summed E-state index contributed by atoms with van der Waals surface area (Å²) in [6, 6.07) is 4.22. The van der Waals surface area contributed by atoms with E-state index < -0.39 is 0 Å². The fraction of sp³-hybridized carbons (Fsp3) is 0.706. The first kappa shape index (κ1) is 16.6. The average molecular weight is 311 g/mol. The Morgan fingerprint density at radius 2 is 2.05 bits per heavy atom. The van der Waals surface area contributed by atoms with Gasteiger partial charge in [-0.3, -0.25) is 0 Å². The first-order valence-corrected chi connectivity index (χ1v) is 8.14. The molecule has 0 spiro atoms. The lowest BCUT2D eigenvalue weighted by Crippen LogP contribution is -2.52. The zero-order chi connectivity index (χ0) is 15.8. The van der Waals surface area contributed by atoms with E-state index in [2.05, 4.69) is 58.6 Å². The van der Waals surface area contributed by atoms with Crippen molar-refractivity contribution in [2.24, 2.45) is 0 Å². The van der Waals surface area contributed by atoms with Crippen molar-refractivity contribution in [2.75, 3.05) is 18.0 Å². The second-order valence-corrected chi connectivity index (χ2v) is 7.94. The molecule has 0 aromatic carbocycles. The number of morpholine rings is 1. The third-order valence-corrected chi connectivity index (χ3v) is 4.00. The average Bonchev–Trinajstić information content (AvgIpc) is 2.34. The molecule has 1 fully saturated rings. The molecule has 2 heterocycles. The molecular weight excluding hydrogens is 284 g/mol. The zero-order valence-electron chi connectivity index (χ0n) is 14.0.